The van der Waals surface area contributed by atoms with Crippen LogP contribution in [0, 0.1) is 6.92 Å². The summed E-state index contributed by atoms with van der Waals surface area (Å²) in [6, 6.07) is 5.15. The Bertz CT molecular complexity index is 798. The maximum atomic E-state index is 12.4. The quantitative estimate of drug-likeness (QED) is 0.863. The molecule has 0 aliphatic carbocycles. The second-order valence-corrected chi connectivity index (χ2v) is 6.73. The van der Waals surface area contributed by atoms with Crippen molar-refractivity contribution in [1.82, 2.24) is 20.2 Å². The van der Waals surface area contributed by atoms with Gasteiger partial charge in [0.2, 0.25) is 5.95 Å². The Labute approximate surface area is 158 Å². The van der Waals surface area contributed by atoms with Crippen LogP contribution in [0.3, 0.4) is 0 Å². The number of amides is 2. The highest BCUT2D eigenvalue weighted by molar-refractivity contribution is 5.93. The van der Waals surface area contributed by atoms with E-state index < -0.39 is 0 Å². The Kier molecular flexibility index (Phi) is 5.73. The number of furan rings is 1. The van der Waals surface area contributed by atoms with Crippen LogP contribution < -0.4 is 10.2 Å². The molecule has 1 fully saturated rings. The van der Waals surface area contributed by atoms with Gasteiger partial charge >= 0.3 is 0 Å². The fraction of sp³-hybridized carbons (Fsp3) is 0.474. The predicted octanol–water partition coefficient (Wildman–Crippen LogP) is 1.87. The van der Waals surface area contributed by atoms with E-state index >= 15 is 0 Å². The van der Waals surface area contributed by atoms with Crippen LogP contribution in [0.15, 0.2) is 28.9 Å². The minimum absolute atomic E-state index is 0.0902. The average Bonchev–Trinajstić information content (AvgIpc) is 3.21. The molecule has 0 spiro atoms. The number of aromatic nitrogens is 2. The first-order valence-corrected chi connectivity index (χ1v) is 9.22. The van der Waals surface area contributed by atoms with Gasteiger partial charge in [-0.2, -0.15) is 0 Å². The molecule has 1 aliphatic heterocycles. The van der Waals surface area contributed by atoms with Crippen molar-refractivity contribution in [2.45, 2.75) is 33.2 Å². The van der Waals surface area contributed by atoms with Crippen LogP contribution in [-0.4, -0.2) is 58.9 Å². The molecule has 1 unspecified atom stereocenters. The van der Waals surface area contributed by atoms with Gasteiger partial charge in [-0.15, -0.1) is 0 Å². The maximum Gasteiger partial charge on any atom is 0.289 e. The molecule has 2 amide bonds. The van der Waals surface area contributed by atoms with Crippen molar-refractivity contribution < 1.29 is 14.0 Å². The van der Waals surface area contributed by atoms with Gasteiger partial charge in [0, 0.05) is 37.9 Å². The Balaban J connectivity index is 1.67. The Morgan fingerprint density at radius 1 is 1.26 bits per heavy atom. The summed E-state index contributed by atoms with van der Waals surface area (Å²) in [7, 11) is 0. The smallest absolute Gasteiger partial charge is 0.289 e. The molecule has 2 aromatic heterocycles. The third kappa shape index (κ3) is 4.45. The number of carbonyl (C=O) groups excluding carboxylic acids is 2. The molecule has 1 N–H and O–H groups in total. The Hall–Kier alpha value is -2.90. The van der Waals surface area contributed by atoms with Gasteiger partial charge in [-0.05, 0) is 38.5 Å². The Morgan fingerprint density at radius 3 is 2.63 bits per heavy atom. The summed E-state index contributed by atoms with van der Waals surface area (Å²) in [4.78, 5) is 37.4. The van der Waals surface area contributed by atoms with E-state index in [1.165, 1.54) is 6.26 Å². The number of piperazine rings is 1. The van der Waals surface area contributed by atoms with Crippen molar-refractivity contribution in [3.8, 4) is 0 Å². The number of carbonyl (C=O) groups is 2. The van der Waals surface area contributed by atoms with Crippen molar-refractivity contribution in [1.29, 1.82) is 0 Å². The lowest BCUT2D eigenvalue weighted by Gasteiger charge is -2.34. The highest BCUT2D eigenvalue weighted by Crippen LogP contribution is 2.15. The molecule has 0 bridgehead atoms. The lowest BCUT2D eigenvalue weighted by atomic mass is 10.2. The van der Waals surface area contributed by atoms with Gasteiger partial charge in [0.15, 0.2) is 5.76 Å². The van der Waals surface area contributed by atoms with E-state index in [1.54, 1.807) is 23.1 Å². The normalized spacial score (nSPS) is 15.5. The molecule has 0 aromatic carbocycles. The molecule has 2 aromatic rings. The van der Waals surface area contributed by atoms with Gasteiger partial charge in [0.25, 0.3) is 11.8 Å². The molecule has 0 saturated carbocycles. The fourth-order valence-electron chi connectivity index (χ4n) is 2.88. The number of nitrogens with zero attached hydrogens (tertiary/aromatic N) is 4. The van der Waals surface area contributed by atoms with Crippen LogP contribution >= 0.6 is 0 Å². The van der Waals surface area contributed by atoms with Gasteiger partial charge in [0.05, 0.1) is 6.26 Å². The predicted molar refractivity (Wildman–Crippen MR) is 101 cm³/mol. The zero-order valence-electron chi connectivity index (χ0n) is 15.9. The summed E-state index contributed by atoms with van der Waals surface area (Å²) in [5.41, 5.74) is 1.11. The average molecular weight is 371 g/mol. The van der Waals surface area contributed by atoms with Gasteiger partial charge in [-0.1, -0.05) is 6.92 Å². The highest BCUT2D eigenvalue weighted by Gasteiger charge is 2.25. The van der Waals surface area contributed by atoms with Crippen LogP contribution in [0.2, 0.25) is 0 Å². The standard InChI is InChI=1S/C19H25N5O3/c1-4-13(2)20-17(25)15-12-14(3)21-19(22-15)24-9-7-23(8-10-24)18(26)16-6-5-11-27-16/h5-6,11-13H,4,7-10H2,1-3H3,(H,20,25). The molecular weight excluding hydrogens is 346 g/mol. The van der Waals surface area contributed by atoms with Crippen LogP contribution in [0.5, 0.6) is 0 Å². The fourth-order valence-corrected chi connectivity index (χ4v) is 2.88. The molecule has 8 nitrogen and oxygen atoms in total. The molecule has 1 saturated heterocycles. The summed E-state index contributed by atoms with van der Waals surface area (Å²) in [5.74, 6) is 0.565. The summed E-state index contributed by atoms with van der Waals surface area (Å²) in [6.45, 7) is 8.12. The van der Waals surface area contributed by atoms with Crippen molar-refractivity contribution >= 4 is 17.8 Å². The van der Waals surface area contributed by atoms with E-state index in [9.17, 15) is 9.59 Å². The molecule has 3 rings (SSSR count). The van der Waals surface area contributed by atoms with Crippen LogP contribution in [0.25, 0.3) is 0 Å². The van der Waals surface area contributed by atoms with Crippen LogP contribution in [0.1, 0.15) is 47.0 Å². The lowest BCUT2D eigenvalue weighted by Crippen LogP contribution is -2.49. The van der Waals surface area contributed by atoms with E-state index in [0.29, 0.717) is 43.6 Å². The third-order valence-corrected chi connectivity index (χ3v) is 4.65. The summed E-state index contributed by atoms with van der Waals surface area (Å²) >= 11 is 0. The molecule has 1 aliphatic rings. The van der Waals surface area contributed by atoms with E-state index in [0.717, 1.165) is 12.1 Å². The first-order chi connectivity index (χ1) is 13.0. The second kappa shape index (κ2) is 8.20. The van der Waals surface area contributed by atoms with E-state index in [1.807, 2.05) is 25.7 Å². The molecule has 8 heteroatoms. The number of anilines is 1. The lowest BCUT2D eigenvalue weighted by molar-refractivity contribution is 0.0714. The minimum atomic E-state index is -0.192. The van der Waals surface area contributed by atoms with Gasteiger partial charge in [-0.3, -0.25) is 9.59 Å². The molecule has 144 valence electrons. The molecule has 3 heterocycles. The number of nitrogens with one attached hydrogen (secondary N) is 1. The SMILES string of the molecule is CCC(C)NC(=O)c1cc(C)nc(N2CCN(C(=O)c3ccco3)CC2)n1. The number of aryl methyl sites for hydroxylation is 1. The van der Waals surface area contributed by atoms with Crippen molar-refractivity contribution in [2.75, 3.05) is 31.1 Å². The van der Waals surface area contributed by atoms with E-state index in [-0.39, 0.29) is 17.9 Å². The zero-order chi connectivity index (χ0) is 19.4. The minimum Gasteiger partial charge on any atom is -0.459 e. The molecule has 27 heavy (non-hydrogen) atoms. The Morgan fingerprint density at radius 2 is 2.00 bits per heavy atom. The van der Waals surface area contributed by atoms with Crippen molar-refractivity contribution in [3.63, 3.8) is 0 Å². The van der Waals surface area contributed by atoms with Gasteiger partial charge in [0.1, 0.15) is 5.69 Å². The first-order valence-electron chi connectivity index (χ1n) is 9.22. The van der Waals surface area contributed by atoms with Gasteiger partial charge < -0.3 is 19.5 Å². The second-order valence-electron chi connectivity index (χ2n) is 6.73. The third-order valence-electron chi connectivity index (χ3n) is 4.65. The first kappa shape index (κ1) is 18.9. The zero-order valence-corrected chi connectivity index (χ0v) is 15.9. The molecular formula is C19H25N5O3. The summed E-state index contributed by atoms with van der Waals surface area (Å²) in [6.07, 6.45) is 2.35. The monoisotopic (exact) mass is 371 g/mol. The maximum absolute atomic E-state index is 12.4. The van der Waals surface area contributed by atoms with Gasteiger partial charge in [-0.25, -0.2) is 9.97 Å². The number of hydrogen-bond donors (Lipinski definition) is 1. The molecule has 0 radical (unpaired) electrons. The van der Waals surface area contributed by atoms with E-state index in [4.69, 9.17) is 4.42 Å². The molecule has 1 atom stereocenters. The highest BCUT2D eigenvalue weighted by atomic mass is 16.3. The van der Waals surface area contributed by atoms with Crippen molar-refractivity contribution in [3.05, 3.63) is 41.6 Å². The largest absolute Gasteiger partial charge is 0.459 e. The van der Waals surface area contributed by atoms with E-state index in [2.05, 4.69) is 15.3 Å². The van der Waals surface area contributed by atoms with Crippen LogP contribution in [0.4, 0.5) is 5.95 Å². The topological polar surface area (TPSA) is 91.6 Å². The number of hydrogen-bond acceptors (Lipinski definition) is 6. The summed E-state index contributed by atoms with van der Waals surface area (Å²) in [5, 5.41) is 2.93. The number of rotatable bonds is 5. The summed E-state index contributed by atoms with van der Waals surface area (Å²) < 4.78 is 5.18. The van der Waals surface area contributed by atoms with Crippen molar-refractivity contribution in [2.24, 2.45) is 0 Å². The van der Waals surface area contributed by atoms with Crippen LogP contribution in [-0.2, 0) is 0 Å².